The van der Waals surface area contributed by atoms with E-state index in [0.29, 0.717) is 40.4 Å². The Morgan fingerprint density at radius 1 is 0.886 bits per heavy atom. The number of nitrogens with one attached hydrogen (secondary N) is 2. The maximum Gasteiger partial charge on any atom is 0.322 e. The summed E-state index contributed by atoms with van der Waals surface area (Å²) >= 11 is 0. The Kier molecular flexibility index (Phi) is 7.89. The summed E-state index contributed by atoms with van der Waals surface area (Å²) in [6.45, 7) is 4.09. The van der Waals surface area contributed by atoms with Crippen LogP contribution >= 0.6 is 0 Å². The molecule has 2 atom stereocenters. The summed E-state index contributed by atoms with van der Waals surface area (Å²) in [5, 5.41) is 6.04. The molecule has 0 fully saturated rings. The Hall–Kier alpha value is -5.37. The molecule has 0 saturated carbocycles. The highest BCUT2D eigenvalue weighted by molar-refractivity contribution is 6.05. The van der Waals surface area contributed by atoms with Crippen LogP contribution in [0.3, 0.4) is 0 Å². The number of anilines is 1. The van der Waals surface area contributed by atoms with Gasteiger partial charge in [-0.2, -0.15) is 0 Å². The van der Waals surface area contributed by atoms with Crippen molar-refractivity contribution in [3.05, 3.63) is 137 Å². The Morgan fingerprint density at radius 3 is 2.25 bits per heavy atom. The van der Waals surface area contributed by atoms with Gasteiger partial charge < -0.3 is 20.3 Å². The molecule has 2 heterocycles. The van der Waals surface area contributed by atoms with Crippen LogP contribution < -0.4 is 15.4 Å². The zero-order valence-corrected chi connectivity index (χ0v) is 24.9. The van der Waals surface area contributed by atoms with Gasteiger partial charge in [-0.15, -0.1) is 0 Å². The van der Waals surface area contributed by atoms with Crippen molar-refractivity contribution >= 4 is 23.5 Å². The molecule has 0 spiro atoms. The average molecular weight is 587 g/mol. The molecule has 2 aliphatic rings. The molecule has 0 bridgehead atoms. The number of para-hydroxylation sites is 1. The number of rotatable bonds is 8. The molecule has 0 radical (unpaired) electrons. The molecule has 0 aliphatic carbocycles. The van der Waals surface area contributed by atoms with Crippen LogP contribution in [0.1, 0.15) is 28.3 Å². The van der Waals surface area contributed by atoms with Gasteiger partial charge in [0, 0.05) is 19.2 Å². The fourth-order valence-corrected chi connectivity index (χ4v) is 5.93. The Morgan fingerprint density at radius 2 is 1.55 bits per heavy atom. The first kappa shape index (κ1) is 28.7. The third kappa shape index (κ3) is 5.92. The molecule has 8 heteroatoms. The Bertz CT molecular complexity index is 1730. The fourth-order valence-electron chi connectivity index (χ4n) is 5.93. The van der Waals surface area contributed by atoms with Crippen molar-refractivity contribution < 1.29 is 19.1 Å². The second-order valence-electron chi connectivity index (χ2n) is 11.3. The molecular formula is C36H34N4O4. The van der Waals surface area contributed by atoms with Crippen LogP contribution in [0.25, 0.3) is 0 Å². The fraction of sp³-hybridized carbons (Fsp3) is 0.194. The van der Waals surface area contributed by atoms with E-state index in [2.05, 4.69) is 10.6 Å². The highest BCUT2D eigenvalue weighted by Crippen LogP contribution is 2.38. The summed E-state index contributed by atoms with van der Waals surface area (Å²) in [5.41, 5.74) is 5.40. The highest BCUT2D eigenvalue weighted by atomic mass is 16.5. The maximum atomic E-state index is 14.3. The first-order valence-electron chi connectivity index (χ1n) is 14.6. The first-order valence-corrected chi connectivity index (χ1v) is 14.6. The number of likely N-dealkylation sites (N-methyl/N-ethyl adjacent to an activating group) is 1. The molecule has 2 aliphatic heterocycles. The average Bonchev–Trinajstić information content (AvgIpc) is 3.35. The number of benzene rings is 4. The van der Waals surface area contributed by atoms with E-state index in [4.69, 9.17) is 4.74 Å². The topological polar surface area (TPSA) is 91.0 Å². The summed E-state index contributed by atoms with van der Waals surface area (Å²) in [6.07, 6.45) is 0.319. The number of carbonyl (C=O) groups is 3. The smallest absolute Gasteiger partial charge is 0.322 e. The number of hydrogen-bond acceptors (Lipinski definition) is 4. The van der Waals surface area contributed by atoms with Gasteiger partial charge in [-0.3, -0.25) is 14.5 Å². The molecule has 2 N–H and O–H groups in total. The Labute approximate surface area is 256 Å². The highest BCUT2D eigenvalue weighted by Gasteiger charge is 2.46. The van der Waals surface area contributed by atoms with E-state index < -0.39 is 12.1 Å². The van der Waals surface area contributed by atoms with E-state index in [0.717, 1.165) is 16.7 Å². The van der Waals surface area contributed by atoms with E-state index >= 15 is 0 Å². The number of carbonyl (C=O) groups excluding carboxylic acids is 3. The minimum atomic E-state index is -0.812. The van der Waals surface area contributed by atoms with Crippen LogP contribution in [-0.2, 0) is 16.0 Å². The summed E-state index contributed by atoms with van der Waals surface area (Å²) in [7, 11) is 1.65. The zero-order valence-electron chi connectivity index (χ0n) is 24.9. The van der Waals surface area contributed by atoms with Gasteiger partial charge in [-0.05, 0) is 72.5 Å². The van der Waals surface area contributed by atoms with Crippen molar-refractivity contribution in [3.8, 4) is 11.5 Å². The number of urea groups is 1. The predicted octanol–water partition coefficient (Wildman–Crippen LogP) is 6.14. The van der Waals surface area contributed by atoms with Gasteiger partial charge >= 0.3 is 6.03 Å². The standard InChI is InChI=1S/C36H34N4O4/c1-23-17-24(2)19-27(18-23)37-34(41)30(20-25-11-6-4-7-12-25)40-22-31-32(35(40)42)33(38-36(43)39(31)3)26-13-10-16-29(21-26)44-28-14-8-5-9-15-28/h4-19,21,30,33H,20,22H2,1-3H3,(H,37,41)(H,38,43)/t30-,33+/m0/s1. The minimum Gasteiger partial charge on any atom is -0.457 e. The van der Waals surface area contributed by atoms with Gasteiger partial charge in [-0.25, -0.2) is 4.79 Å². The molecule has 4 aromatic carbocycles. The third-order valence-corrected chi connectivity index (χ3v) is 8.00. The van der Waals surface area contributed by atoms with E-state index in [-0.39, 0.29) is 24.4 Å². The lowest BCUT2D eigenvalue weighted by atomic mass is 9.95. The van der Waals surface area contributed by atoms with E-state index in [1.807, 2.05) is 117 Å². The molecule has 0 aromatic heterocycles. The van der Waals surface area contributed by atoms with Crippen molar-refractivity contribution in [3.63, 3.8) is 0 Å². The van der Waals surface area contributed by atoms with E-state index in [1.54, 1.807) is 11.9 Å². The molecule has 0 unspecified atom stereocenters. The van der Waals surface area contributed by atoms with Crippen molar-refractivity contribution in [1.29, 1.82) is 0 Å². The van der Waals surface area contributed by atoms with Crippen LogP contribution in [0, 0.1) is 13.8 Å². The first-order chi connectivity index (χ1) is 21.3. The molecular weight excluding hydrogens is 552 g/mol. The Balaban J connectivity index is 1.32. The van der Waals surface area contributed by atoms with Crippen molar-refractivity contribution in [2.75, 3.05) is 18.9 Å². The lowest BCUT2D eigenvalue weighted by Crippen LogP contribution is -2.47. The zero-order chi connectivity index (χ0) is 30.8. The van der Waals surface area contributed by atoms with Gasteiger partial charge in [0.1, 0.15) is 17.5 Å². The van der Waals surface area contributed by atoms with E-state index in [9.17, 15) is 14.4 Å². The van der Waals surface area contributed by atoms with Gasteiger partial charge in [-0.1, -0.05) is 66.7 Å². The normalized spacial score (nSPS) is 16.8. The van der Waals surface area contributed by atoms with Crippen LogP contribution in [0.5, 0.6) is 11.5 Å². The summed E-state index contributed by atoms with van der Waals surface area (Å²) in [4.78, 5) is 44.5. The maximum absolute atomic E-state index is 14.3. The molecule has 44 heavy (non-hydrogen) atoms. The van der Waals surface area contributed by atoms with Crippen LogP contribution in [0.15, 0.2) is 114 Å². The summed E-state index contributed by atoms with van der Waals surface area (Å²) < 4.78 is 6.04. The largest absolute Gasteiger partial charge is 0.457 e. The van der Waals surface area contributed by atoms with Crippen molar-refractivity contribution in [2.24, 2.45) is 0 Å². The van der Waals surface area contributed by atoms with Gasteiger partial charge in [0.15, 0.2) is 0 Å². The molecule has 8 nitrogen and oxygen atoms in total. The molecule has 222 valence electrons. The van der Waals surface area contributed by atoms with Gasteiger partial charge in [0.05, 0.1) is 23.9 Å². The minimum absolute atomic E-state index is 0.132. The lowest BCUT2D eigenvalue weighted by Gasteiger charge is -2.31. The second kappa shape index (κ2) is 12.1. The number of hydrogen-bond donors (Lipinski definition) is 2. The lowest BCUT2D eigenvalue weighted by molar-refractivity contribution is -0.134. The van der Waals surface area contributed by atoms with Crippen molar-refractivity contribution in [2.45, 2.75) is 32.4 Å². The number of nitrogens with zero attached hydrogens (tertiary/aromatic N) is 2. The summed E-state index contributed by atoms with van der Waals surface area (Å²) in [5.74, 6) is 0.686. The quantitative estimate of drug-likeness (QED) is 0.260. The van der Waals surface area contributed by atoms with Crippen LogP contribution in [-0.4, -0.2) is 47.3 Å². The SMILES string of the molecule is Cc1cc(C)cc(NC(=O)[C@H](Cc2ccccc2)N2CC3=C(C2=O)[C@@H](c2cccc(Oc4ccccc4)c2)NC(=O)N3C)c1. The number of ether oxygens (including phenoxy) is 1. The van der Waals surface area contributed by atoms with Gasteiger partial charge in [0.2, 0.25) is 5.91 Å². The number of aryl methyl sites for hydroxylation is 2. The molecule has 4 aromatic rings. The van der Waals surface area contributed by atoms with Crippen molar-refractivity contribution in [1.82, 2.24) is 15.1 Å². The summed E-state index contributed by atoms with van der Waals surface area (Å²) in [6, 6.07) is 30.5. The molecule has 0 saturated heterocycles. The van der Waals surface area contributed by atoms with E-state index in [1.165, 1.54) is 4.90 Å². The molecule has 6 rings (SSSR count). The number of amides is 4. The predicted molar refractivity (Wildman–Crippen MR) is 169 cm³/mol. The van der Waals surface area contributed by atoms with Crippen LogP contribution in [0.4, 0.5) is 10.5 Å². The second-order valence-corrected chi connectivity index (χ2v) is 11.3. The molecule has 4 amide bonds. The monoisotopic (exact) mass is 586 g/mol. The van der Waals surface area contributed by atoms with Gasteiger partial charge in [0.25, 0.3) is 5.91 Å². The van der Waals surface area contributed by atoms with Crippen LogP contribution in [0.2, 0.25) is 0 Å². The third-order valence-electron chi connectivity index (χ3n) is 8.00.